The lowest BCUT2D eigenvalue weighted by Crippen LogP contribution is -1.95. The van der Waals surface area contributed by atoms with Crippen molar-refractivity contribution in [1.82, 2.24) is 0 Å². The molecular weight excluding hydrogens is 286 g/mol. The molecular formula is C18H18F2O2. The molecule has 0 fully saturated rings. The lowest BCUT2D eigenvalue weighted by Gasteiger charge is -2.04. The van der Waals surface area contributed by atoms with E-state index in [2.05, 4.69) is 6.58 Å². The third-order valence-electron chi connectivity index (χ3n) is 3.16. The van der Waals surface area contributed by atoms with Gasteiger partial charge in [0.2, 0.25) is 0 Å². The van der Waals surface area contributed by atoms with Crippen LogP contribution in [0, 0.1) is 11.6 Å². The van der Waals surface area contributed by atoms with Crippen LogP contribution in [0.25, 0.3) is 6.08 Å². The molecule has 2 rings (SSSR count). The highest BCUT2D eigenvalue weighted by atomic mass is 19.1. The average Bonchev–Trinajstić information content (AvgIpc) is 2.54. The Morgan fingerprint density at radius 2 is 1.77 bits per heavy atom. The molecule has 0 aliphatic carbocycles. The fourth-order valence-corrected chi connectivity index (χ4v) is 2.02. The van der Waals surface area contributed by atoms with E-state index < -0.39 is 5.82 Å². The summed E-state index contributed by atoms with van der Waals surface area (Å²) >= 11 is 0. The standard InChI is InChI=1S/C9H11FO.C9H7FO/c2*1-2-8-7(6-11)4-3-5-9(8)10/h3-5,11H,2,6H2,1H3;2-6H,1H2. The molecule has 2 aromatic carbocycles. The van der Waals surface area contributed by atoms with E-state index >= 15 is 0 Å². The predicted octanol–water partition coefficient (Wildman–Crippen LogP) is 4.16. The van der Waals surface area contributed by atoms with E-state index in [-0.39, 0.29) is 18.0 Å². The molecule has 0 atom stereocenters. The minimum absolute atomic E-state index is 0.0824. The van der Waals surface area contributed by atoms with Crippen LogP contribution in [0.3, 0.4) is 0 Å². The summed E-state index contributed by atoms with van der Waals surface area (Å²) < 4.78 is 25.7. The van der Waals surface area contributed by atoms with Crippen LogP contribution in [-0.2, 0) is 13.0 Å². The highest BCUT2D eigenvalue weighted by Gasteiger charge is 2.04. The zero-order valence-electron chi connectivity index (χ0n) is 12.4. The Labute approximate surface area is 128 Å². The number of aldehydes is 1. The fraction of sp³-hybridized carbons (Fsp3) is 0.167. The van der Waals surface area contributed by atoms with Gasteiger partial charge in [-0.05, 0) is 29.7 Å². The summed E-state index contributed by atoms with van der Waals surface area (Å²) in [5.74, 6) is -0.636. The van der Waals surface area contributed by atoms with Crippen LogP contribution in [0.1, 0.15) is 34.0 Å². The summed E-state index contributed by atoms with van der Waals surface area (Å²) in [4.78, 5) is 10.3. The van der Waals surface area contributed by atoms with E-state index in [1.807, 2.05) is 6.92 Å². The number of aliphatic hydroxyl groups excluding tert-OH is 1. The topological polar surface area (TPSA) is 37.3 Å². The summed E-state index contributed by atoms with van der Waals surface area (Å²) in [7, 11) is 0. The third kappa shape index (κ3) is 4.33. The van der Waals surface area contributed by atoms with Gasteiger partial charge in [-0.2, -0.15) is 0 Å². The molecule has 2 nitrogen and oxygen atoms in total. The molecule has 0 saturated carbocycles. The molecule has 116 valence electrons. The van der Waals surface area contributed by atoms with Crippen LogP contribution in [0.5, 0.6) is 0 Å². The number of hydrogen-bond donors (Lipinski definition) is 1. The Balaban J connectivity index is 0.000000220. The van der Waals surface area contributed by atoms with E-state index in [9.17, 15) is 13.6 Å². The van der Waals surface area contributed by atoms with E-state index in [0.29, 0.717) is 29.4 Å². The van der Waals surface area contributed by atoms with Crippen LogP contribution in [-0.4, -0.2) is 11.4 Å². The van der Waals surface area contributed by atoms with Crippen molar-refractivity contribution in [3.05, 3.63) is 76.9 Å². The van der Waals surface area contributed by atoms with Gasteiger partial charge in [-0.25, -0.2) is 8.78 Å². The first-order valence-corrected chi connectivity index (χ1v) is 6.82. The molecule has 1 N–H and O–H groups in total. The van der Waals surface area contributed by atoms with Crippen molar-refractivity contribution in [2.24, 2.45) is 0 Å². The first-order valence-electron chi connectivity index (χ1n) is 6.82. The van der Waals surface area contributed by atoms with Gasteiger partial charge in [0.25, 0.3) is 0 Å². The van der Waals surface area contributed by atoms with E-state index in [4.69, 9.17) is 5.11 Å². The maximum atomic E-state index is 12.9. The van der Waals surface area contributed by atoms with Gasteiger partial charge in [-0.1, -0.05) is 43.8 Å². The van der Waals surface area contributed by atoms with Crippen LogP contribution in [0.4, 0.5) is 8.78 Å². The fourth-order valence-electron chi connectivity index (χ4n) is 2.02. The summed E-state index contributed by atoms with van der Waals surface area (Å²) in [5, 5.41) is 8.81. The molecule has 4 heteroatoms. The van der Waals surface area contributed by atoms with E-state index in [1.165, 1.54) is 24.3 Å². The smallest absolute Gasteiger partial charge is 0.150 e. The number of halogens is 2. The number of rotatable bonds is 4. The highest BCUT2D eigenvalue weighted by molar-refractivity contribution is 5.81. The van der Waals surface area contributed by atoms with Crippen molar-refractivity contribution in [2.45, 2.75) is 20.0 Å². The Morgan fingerprint density at radius 3 is 2.23 bits per heavy atom. The second-order valence-corrected chi connectivity index (χ2v) is 4.45. The van der Waals surface area contributed by atoms with Gasteiger partial charge in [-0.15, -0.1) is 0 Å². The second-order valence-electron chi connectivity index (χ2n) is 4.45. The quantitative estimate of drug-likeness (QED) is 0.861. The zero-order chi connectivity index (χ0) is 16.5. The van der Waals surface area contributed by atoms with Crippen molar-refractivity contribution in [3.8, 4) is 0 Å². The highest BCUT2D eigenvalue weighted by Crippen LogP contribution is 2.14. The Hall–Kier alpha value is -2.33. The SMILES string of the molecule is C=Cc1c(F)cccc1C=O.CCc1c(F)cccc1CO. The molecule has 0 aromatic heterocycles. The van der Waals surface area contributed by atoms with Crippen LogP contribution in [0.15, 0.2) is 43.0 Å². The van der Waals surface area contributed by atoms with Crippen molar-refractivity contribution < 1.29 is 18.7 Å². The second kappa shape index (κ2) is 8.85. The third-order valence-corrected chi connectivity index (χ3v) is 3.16. The molecule has 0 spiro atoms. The summed E-state index contributed by atoms with van der Waals surface area (Å²) in [6.07, 6.45) is 2.57. The number of carbonyl (C=O) groups excluding carboxylic acids is 1. The van der Waals surface area contributed by atoms with E-state index in [0.717, 1.165) is 0 Å². The number of aliphatic hydroxyl groups is 1. The van der Waals surface area contributed by atoms with Crippen molar-refractivity contribution >= 4 is 12.4 Å². The molecule has 0 unspecified atom stereocenters. The Kier molecular flexibility index (Phi) is 7.13. The van der Waals surface area contributed by atoms with Crippen molar-refractivity contribution in [1.29, 1.82) is 0 Å². The van der Waals surface area contributed by atoms with Gasteiger partial charge in [0, 0.05) is 11.1 Å². The minimum Gasteiger partial charge on any atom is -0.392 e. The molecule has 0 heterocycles. The van der Waals surface area contributed by atoms with Crippen molar-refractivity contribution in [3.63, 3.8) is 0 Å². The van der Waals surface area contributed by atoms with Gasteiger partial charge in [0.15, 0.2) is 6.29 Å². The normalized spacial score (nSPS) is 9.64. The first kappa shape index (κ1) is 17.7. The maximum absolute atomic E-state index is 12.9. The molecule has 0 aliphatic rings. The Morgan fingerprint density at radius 1 is 1.14 bits per heavy atom. The molecule has 0 amide bonds. The maximum Gasteiger partial charge on any atom is 0.150 e. The zero-order valence-corrected chi connectivity index (χ0v) is 12.4. The number of carbonyl (C=O) groups is 1. The van der Waals surface area contributed by atoms with Gasteiger partial charge >= 0.3 is 0 Å². The summed E-state index contributed by atoms with van der Waals surface area (Å²) in [6.45, 7) is 5.19. The Bertz CT molecular complexity index is 652. The minimum atomic E-state index is -0.412. The van der Waals surface area contributed by atoms with Gasteiger partial charge in [-0.3, -0.25) is 4.79 Å². The van der Waals surface area contributed by atoms with Crippen LogP contribution in [0.2, 0.25) is 0 Å². The number of benzene rings is 2. The lowest BCUT2D eigenvalue weighted by atomic mass is 10.1. The summed E-state index contributed by atoms with van der Waals surface area (Å²) in [5.41, 5.74) is 1.91. The molecule has 22 heavy (non-hydrogen) atoms. The lowest BCUT2D eigenvalue weighted by molar-refractivity contribution is 0.112. The van der Waals surface area contributed by atoms with Gasteiger partial charge in [0.1, 0.15) is 11.6 Å². The molecule has 0 bridgehead atoms. The average molecular weight is 304 g/mol. The van der Waals surface area contributed by atoms with Crippen molar-refractivity contribution in [2.75, 3.05) is 0 Å². The molecule has 0 saturated heterocycles. The molecule has 0 radical (unpaired) electrons. The largest absolute Gasteiger partial charge is 0.392 e. The monoisotopic (exact) mass is 304 g/mol. The van der Waals surface area contributed by atoms with Crippen LogP contribution >= 0.6 is 0 Å². The summed E-state index contributed by atoms with van der Waals surface area (Å²) in [6, 6.07) is 9.10. The van der Waals surface area contributed by atoms with Crippen LogP contribution < -0.4 is 0 Å². The molecule has 2 aromatic rings. The first-order chi connectivity index (χ1) is 10.6. The van der Waals surface area contributed by atoms with Gasteiger partial charge in [0.05, 0.1) is 6.61 Å². The number of hydrogen-bond acceptors (Lipinski definition) is 2. The van der Waals surface area contributed by atoms with Gasteiger partial charge < -0.3 is 5.11 Å². The predicted molar refractivity (Wildman–Crippen MR) is 83.6 cm³/mol. The van der Waals surface area contributed by atoms with E-state index in [1.54, 1.807) is 18.2 Å². The molecule has 0 aliphatic heterocycles.